The predicted molar refractivity (Wildman–Crippen MR) is 97.8 cm³/mol. The average Bonchev–Trinajstić information content (AvgIpc) is 2.54. The topological polar surface area (TPSA) is 29.5 Å². The number of unbranched alkanes of at least 4 members (excludes halogenated alkanes) is 10. The van der Waals surface area contributed by atoms with Crippen LogP contribution in [0.4, 0.5) is 0 Å². The minimum atomic E-state index is -0.468. The van der Waals surface area contributed by atoms with Crippen molar-refractivity contribution >= 4 is 9.03 Å². The number of rotatable bonds is 14. The molecule has 0 amide bonds. The largest absolute Gasteiger partial charge is 0.450 e. The Morgan fingerprint density at radius 1 is 0.773 bits per heavy atom. The summed E-state index contributed by atoms with van der Waals surface area (Å²) in [7, 11) is -0.468. The van der Waals surface area contributed by atoms with E-state index in [1.807, 2.05) is 12.1 Å². The molecule has 0 aliphatic rings. The van der Waals surface area contributed by atoms with Gasteiger partial charge in [0, 0.05) is 0 Å². The summed E-state index contributed by atoms with van der Waals surface area (Å²) in [6.07, 6.45) is 16.4. The first-order valence-electron chi connectivity index (χ1n) is 9.01. The number of benzene rings is 1. The van der Waals surface area contributed by atoms with Gasteiger partial charge in [-0.1, -0.05) is 83.3 Å². The van der Waals surface area contributed by atoms with Crippen LogP contribution in [0.3, 0.4) is 0 Å². The minimum absolute atomic E-state index is 0.468. The van der Waals surface area contributed by atoms with Crippen LogP contribution in [-0.4, -0.2) is 4.89 Å². The van der Waals surface area contributed by atoms with Crippen molar-refractivity contribution in [1.82, 2.24) is 0 Å². The lowest BCUT2D eigenvalue weighted by atomic mass is 10.0. The van der Waals surface area contributed by atoms with Gasteiger partial charge in [0.25, 0.3) is 0 Å². The molecule has 22 heavy (non-hydrogen) atoms. The van der Waals surface area contributed by atoms with E-state index in [-0.39, 0.29) is 0 Å². The van der Waals surface area contributed by atoms with E-state index in [0.29, 0.717) is 0 Å². The molecule has 0 fully saturated rings. The van der Waals surface area contributed by atoms with Gasteiger partial charge in [0.15, 0.2) is 0 Å². The highest BCUT2D eigenvalue weighted by Crippen LogP contribution is 2.19. The van der Waals surface area contributed by atoms with Crippen LogP contribution in [0.2, 0.25) is 0 Å². The summed E-state index contributed by atoms with van der Waals surface area (Å²) in [4.78, 5) is 8.71. The smallest absolute Gasteiger partial charge is 0.212 e. The summed E-state index contributed by atoms with van der Waals surface area (Å²) < 4.78 is 5.06. The third kappa shape index (κ3) is 10.2. The second-order valence-electron chi connectivity index (χ2n) is 6.12. The van der Waals surface area contributed by atoms with Crippen LogP contribution >= 0.6 is 9.03 Å². The first kappa shape index (κ1) is 19.5. The molecule has 1 rings (SSSR count). The van der Waals surface area contributed by atoms with Crippen molar-refractivity contribution in [1.29, 1.82) is 0 Å². The van der Waals surface area contributed by atoms with Crippen molar-refractivity contribution in [3.8, 4) is 5.75 Å². The van der Waals surface area contributed by atoms with Crippen LogP contribution in [0.5, 0.6) is 5.75 Å². The lowest BCUT2D eigenvalue weighted by Crippen LogP contribution is -1.87. The molecule has 0 bridgehead atoms. The van der Waals surface area contributed by atoms with Gasteiger partial charge in [0.05, 0.1) is 0 Å². The third-order valence-electron chi connectivity index (χ3n) is 4.16. The summed E-state index contributed by atoms with van der Waals surface area (Å²) in [5, 5.41) is 0. The van der Waals surface area contributed by atoms with Crippen molar-refractivity contribution in [2.45, 2.75) is 84.0 Å². The molecule has 0 aromatic heterocycles. The van der Waals surface area contributed by atoms with Gasteiger partial charge in [-0.2, -0.15) is 0 Å². The summed E-state index contributed by atoms with van der Waals surface area (Å²) in [5.41, 5.74) is 1.37. The molecule has 126 valence electrons. The standard InChI is InChI=1S/C19H33O2P/c1-2-3-4-5-6-7-8-9-10-11-12-13-18-14-16-19(17-15-18)21-22-20/h14-17,20,22H,2-13H2,1H3. The molecule has 3 heteroatoms. The average molecular weight is 324 g/mol. The first-order valence-corrected chi connectivity index (χ1v) is 9.87. The highest BCUT2D eigenvalue weighted by atomic mass is 31.1. The lowest BCUT2D eigenvalue weighted by Gasteiger charge is -2.05. The van der Waals surface area contributed by atoms with Crippen molar-refractivity contribution < 1.29 is 9.42 Å². The van der Waals surface area contributed by atoms with Gasteiger partial charge in [-0.25, -0.2) is 0 Å². The van der Waals surface area contributed by atoms with Crippen molar-refractivity contribution in [2.75, 3.05) is 0 Å². The fourth-order valence-corrected chi connectivity index (χ4v) is 3.01. The molecule has 0 spiro atoms. The zero-order valence-corrected chi connectivity index (χ0v) is 15.2. The maximum atomic E-state index is 8.71. The van der Waals surface area contributed by atoms with E-state index in [1.165, 1.54) is 76.2 Å². The molecule has 2 nitrogen and oxygen atoms in total. The highest BCUT2D eigenvalue weighted by molar-refractivity contribution is 7.25. The highest BCUT2D eigenvalue weighted by Gasteiger charge is 1.97. The molecular formula is C19H33O2P. The summed E-state index contributed by atoms with van der Waals surface area (Å²) in [6, 6.07) is 8.09. The van der Waals surface area contributed by atoms with Gasteiger partial charge in [-0.3, -0.25) is 0 Å². The Bertz CT molecular complexity index is 351. The molecule has 1 N–H and O–H groups in total. The van der Waals surface area contributed by atoms with Gasteiger partial charge in [0.1, 0.15) is 5.75 Å². The Balaban J connectivity index is 1.90. The molecule has 0 heterocycles. The normalized spacial score (nSPS) is 11.4. The van der Waals surface area contributed by atoms with Crippen molar-refractivity contribution in [3.63, 3.8) is 0 Å². The molecule has 0 radical (unpaired) electrons. The van der Waals surface area contributed by atoms with Crippen molar-refractivity contribution in [2.24, 2.45) is 0 Å². The SMILES string of the molecule is CCCCCCCCCCCCCc1ccc(OPO)cc1. The van der Waals surface area contributed by atoms with E-state index in [1.54, 1.807) is 0 Å². The Hall–Kier alpha value is -0.590. The van der Waals surface area contributed by atoms with E-state index >= 15 is 0 Å². The van der Waals surface area contributed by atoms with E-state index in [4.69, 9.17) is 9.42 Å². The summed E-state index contributed by atoms with van der Waals surface area (Å²) in [6.45, 7) is 2.28. The van der Waals surface area contributed by atoms with Crippen LogP contribution in [0.25, 0.3) is 0 Å². The third-order valence-corrected chi connectivity index (χ3v) is 4.48. The molecule has 1 aromatic carbocycles. The van der Waals surface area contributed by atoms with E-state index in [2.05, 4.69) is 19.1 Å². The van der Waals surface area contributed by atoms with Crippen LogP contribution in [0, 0.1) is 0 Å². The number of hydrogen-bond acceptors (Lipinski definition) is 2. The first-order chi connectivity index (χ1) is 10.9. The van der Waals surface area contributed by atoms with E-state index in [9.17, 15) is 0 Å². The van der Waals surface area contributed by atoms with Crippen LogP contribution in [0.1, 0.15) is 83.1 Å². The molecule has 1 aromatic rings. The van der Waals surface area contributed by atoms with Gasteiger partial charge in [-0.05, 0) is 30.5 Å². The maximum Gasteiger partial charge on any atom is 0.212 e. The van der Waals surface area contributed by atoms with E-state index in [0.717, 1.165) is 12.2 Å². The fraction of sp³-hybridized carbons (Fsp3) is 0.684. The second kappa shape index (κ2) is 14.0. The van der Waals surface area contributed by atoms with Gasteiger partial charge < -0.3 is 9.42 Å². The van der Waals surface area contributed by atoms with Gasteiger partial charge in [-0.15, -0.1) is 0 Å². The van der Waals surface area contributed by atoms with Crippen LogP contribution < -0.4 is 4.52 Å². The second-order valence-corrected chi connectivity index (χ2v) is 6.51. The summed E-state index contributed by atoms with van der Waals surface area (Å²) >= 11 is 0. The minimum Gasteiger partial charge on any atom is -0.450 e. The zero-order chi connectivity index (χ0) is 15.9. The quantitative estimate of drug-likeness (QED) is 0.316. The Labute approximate surface area is 138 Å². The van der Waals surface area contributed by atoms with E-state index < -0.39 is 9.03 Å². The lowest BCUT2D eigenvalue weighted by molar-refractivity contribution is 0.514. The fourth-order valence-electron chi connectivity index (χ4n) is 2.77. The maximum absolute atomic E-state index is 8.71. The molecule has 1 atom stereocenters. The monoisotopic (exact) mass is 324 g/mol. The number of hydrogen-bond donors (Lipinski definition) is 1. The molecule has 0 aliphatic carbocycles. The van der Waals surface area contributed by atoms with Crippen molar-refractivity contribution in [3.05, 3.63) is 29.8 Å². The van der Waals surface area contributed by atoms with Gasteiger partial charge >= 0.3 is 0 Å². The molecule has 0 aliphatic heterocycles. The van der Waals surface area contributed by atoms with Crippen LogP contribution in [-0.2, 0) is 6.42 Å². The molecular weight excluding hydrogens is 291 g/mol. The Kier molecular flexibility index (Phi) is 12.4. The summed E-state index contributed by atoms with van der Waals surface area (Å²) in [5.74, 6) is 0.753. The van der Waals surface area contributed by atoms with Crippen LogP contribution in [0.15, 0.2) is 24.3 Å². The Morgan fingerprint density at radius 2 is 1.27 bits per heavy atom. The number of aryl methyl sites for hydroxylation is 1. The molecule has 0 saturated carbocycles. The zero-order valence-electron chi connectivity index (χ0n) is 14.2. The molecule has 1 unspecified atom stereocenters. The Morgan fingerprint density at radius 3 is 1.77 bits per heavy atom. The molecule has 0 saturated heterocycles. The van der Waals surface area contributed by atoms with Gasteiger partial charge in [0.2, 0.25) is 9.03 Å². The predicted octanol–water partition coefficient (Wildman–Crippen LogP) is 6.42.